The molecule has 6 heteroatoms. The minimum absolute atomic E-state index is 0.0726. The Morgan fingerprint density at radius 3 is 1.37 bits per heavy atom. The van der Waals surface area contributed by atoms with E-state index in [0.29, 0.717) is 22.6 Å². The quantitative estimate of drug-likeness (QED) is 0.303. The summed E-state index contributed by atoms with van der Waals surface area (Å²) in [7, 11) is 3.03. The lowest BCUT2D eigenvalue weighted by Crippen LogP contribution is -1.89. The van der Waals surface area contributed by atoms with Crippen molar-refractivity contribution >= 4 is 23.8 Å². The van der Waals surface area contributed by atoms with Crippen molar-refractivity contribution in [2.75, 3.05) is 14.2 Å². The normalized spacial score (nSPS) is 11.3. The molecule has 0 bridgehead atoms. The van der Waals surface area contributed by atoms with Gasteiger partial charge in [-0.3, -0.25) is 9.98 Å². The van der Waals surface area contributed by atoms with Gasteiger partial charge in [0.15, 0.2) is 23.0 Å². The number of aromatic hydroxyl groups is 2. The predicted octanol–water partition coefficient (Wildman–Crippen LogP) is 6.21. The third-order valence-electron chi connectivity index (χ3n) is 5.49. The van der Waals surface area contributed by atoms with Crippen molar-refractivity contribution in [3.63, 3.8) is 0 Å². The summed E-state index contributed by atoms with van der Waals surface area (Å²) < 4.78 is 10.3. The largest absolute Gasteiger partial charge is 0.504 e. The molecule has 4 aromatic rings. The zero-order valence-corrected chi connectivity index (χ0v) is 19.6. The van der Waals surface area contributed by atoms with Crippen LogP contribution in [0.3, 0.4) is 0 Å². The van der Waals surface area contributed by atoms with Gasteiger partial charge in [-0.15, -0.1) is 0 Å². The Hall–Kier alpha value is -4.58. The molecule has 0 saturated carbocycles. The summed E-state index contributed by atoms with van der Waals surface area (Å²) in [5.74, 6) is 0.978. The number of para-hydroxylation sites is 2. The van der Waals surface area contributed by atoms with Gasteiger partial charge in [-0.25, -0.2) is 0 Å². The molecule has 0 aliphatic carbocycles. The second-order valence-electron chi connectivity index (χ2n) is 7.82. The van der Waals surface area contributed by atoms with Crippen molar-refractivity contribution in [3.05, 3.63) is 107 Å². The molecule has 0 aliphatic heterocycles. The number of rotatable bonds is 8. The second kappa shape index (κ2) is 11.0. The number of benzene rings is 4. The molecule has 0 heterocycles. The van der Waals surface area contributed by atoms with Gasteiger partial charge in [-0.1, -0.05) is 36.4 Å². The molecule has 6 nitrogen and oxygen atoms in total. The third-order valence-corrected chi connectivity index (χ3v) is 5.49. The Labute approximate surface area is 204 Å². The number of phenolic OH excluding ortho intramolecular Hbond substituents is 2. The highest BCUT2D eigenvalue weighted by Gasteiger charge is 2.06. The highest BCUT2D eigenvalue weighted by molar-refractivity contribution is 5.87. The van der Waals surface area contributed by atoms with E-state index in [-0.39, 0.29) is 11.5 Å². The summed E-state index contributed by atoms with van der Waals surface area (Å²) in [6.07, 6.45) is 4.02. The molecular weight excluding hydrogens is 440 g/mol. The van der Waals surface area contributed by atoms with E-state index in [4.69, 9.17) is 9.47 Å². The van der Waals surface area contributed by atoms with Crippen LogP contribution in [0.2, 0.25) is 0 Å². The van der Waals surface area contributed by atoms with Crippen molar-refractivity contribution in [2.45, 2.75) is 6.42 Å². The first-order valence-corrected chi connectivity index (χ1v) is 11.1. The maximum absolute atomic E-state index is 10.2. The van der Waals surface area contributed by atoms with Crippen LogP contribution < -0.4 is 9.47 Å². The fraction of sp³-hybridized carbons (Fsp3) is 0.103. The first-order chi connectivity index (χ1) is 17.1. The van der Waals surface area contributed by atoms with E-state index in [1.54, 1.807) is 36.7 Å². The smallest absolute Gasteiger partial charge is 0.166 e. The molecule has 0 aromatic heterocycles. The van der Waals surface area contributed by atoms with E-state index in [2.05, 4.69) is 9.98 Å². The molecule has 4 aromatic carbocycles. The molecule has 0 aliphatic rings. The predicted molar refractivity (Wildman–Crippen MR) is 140 cm³/mol. The van der Waals surface area contributed by atoms with Crippen LogP contribution in [0.25, 0.3) is 0 Å². The van der Waals surface area contributed by atoms with Gasteiger partial charge in [0, 0.05) is 23.6 Å². The molecule has 0 radical (unpaired) electrons. The van der Waals surface area contributed by atoms with Gasteiger partial charge >= 0.3 is 0 Å². The van der Waals surface area contributed by atoms with E-state index in [1.165, 1.54) is 14.2 Å². The molecular formula is C29H26N2O4. The summed E-state index contributed by atoms with van der Waals surface area (Å²) in [6, 6.07) is 26.5. The average Bonchev–Trinajstić information content (AvgIpc) is 2.89. The molecule has 176 valence electrons. The summed E-state index contributed by atoms with van der Waals surface area (Å²) in [5.41, 5.74) is 5.09. The van der Waals surface area contributed by atoms with Crippen LogP contribution in [0.4, 0.5) is 11.4 Å². The van der Waals surface area contributed by atoms with Crippen molar-refractivity contribution in [2.24, 2.45) is 9.98 Å². The van der Waals surface area contributed by atoms with Crippen LogP contribution in [0.1, 0.15) is 22.3 Å². The van der Waals surface area contributed by atoms with Crippen molar-refractivity contribution in [1.82, 2.24) is 0 Å². The van der Waals surface area contributed by atoms with Gasteiger partial charge in [0.1, 0.15) is 0 Å². The lowest BCUT2D eigenvalue weighted by Gasteiger charge is -2.06. The van der Waals surface area contributed by atoms with Crippen LogP contribution in [-0.4, -0.2) is 36.9 Å². The zero-order chi connectivity index (χ0) is 24.6. The Balaban J connectivity index is 1.39. The van der Waals surface area contributed by atoms with E-state index >= 15 is 0 Å². The molecule has 0 amide bonds. The van der Waals surface area contributed by atoms with Crippen LogP contribution in [0, 0.1) is 0 Å². The maximum atomic E-state index is 10.2. The Bertz CT molecular complexity index is 1240. The first kappa shape index (κ1) is 23.6. The standard InChI is InChI=1S/C29H26N2O4/c1-34-26-7-3-5-22(28(26)32)18-30-24-13-9-20(10-14-24)17-21-11-15-25(16-12-21)31-19-23-6-4-8-27(35-2)29(23)33/h3-16,18-19,32-33H,17H2,1-2H3. The van der Waals surface area contributed by atoms with Crippen LogP contribution in [0.15, 0.2) is 94.9 Å². The minimum atomic E-state index is 0.0726. The van der Waals surface area contributed by atoms with Crippen LogP contribution in [-0.2, 0) is 6.42 Å². The highest BCUT2D eigenvalue weighted by Crippen LogP contribution is 2.29. The zero-order valence-electron chi connectivity index (χ0n) is 19.6. The lowest BCUT2D eigenvalue weighted by atomic mass is 10.0. The van der Waals surface area contributed by atoms with Gasteiger partial charge in [-0.2, -0.15) is 0 Å². The molecule has 2 N–H and O–H groups in total. The molecule has 0 unspecified atom stereocenters. The summed E-state index contributed by atoms with van der Waals surface area (Å²) >= 11 is 0. The molecule has 0 fully saturated rings. The Morgan fingerprint density at radius 1 is 0.600 bits per heavy atom. The number of nitrogens with zero attached hydrogens (tertiary/aromatic N) is 2. The van der Waals surface area contributed by atoms with Gasteiger partial charge in [0.05, 0.1) is 25.6 Å². The number of ether oxygens (including phenoxy) is 2. The number of phenols is 2. The van der Waals surface area contributed by atoms with E-state index < -0.39 is 0 Å². The minimum Gasteiger partial charge on any atom is -0.504 e. The van der Waals surface area contributed by atoms with Crippen LogP contribution >= 0.6 is 0 Å². The third kappa shape index (κ3) is 5.86. The molecule has 4 rings (SSSR count). The average molecular weight is 467 g/mol. The topological polar surface area (TPSA) is 83.6 Å². The summed E-state index contributed by atoms with van der Waals surface area (Å²) in [4.78, 5) is 8.91. The van der Waals surface area contributed by atoms with Gasteiger partial charge < -0.3 is 19.7 Å². The lowest BCUT2D eigenvalue weighted by molar-refractivity contribution is 0.373. The van der Waals surface area contributed by atoms with Gasteiger partial charge in [0.2, 0.25) is 0 Å². The molecule has 0 saturated heterocycles. The fourth-order valence-corrected chi connectivity index (χ4v) is 3.54. The Kier molecular flexibility index (Phi) is 7.43. The fourth-order valence-electron chi connectivity index (χ4n) is 3.54. The molecule has 0 atom stereocenters. The van der Waals surface area contributed by atoms with E-state index in [1.807, 2.05) is 60.7 Å². The Morgan fingerprint density at radius 2 is 1.00 bits per heavy atom. The molecule has 0 spiro atoms. The van der Waals surface area contributed by atoms with Crippen LogP contribution in [0.5, 0.6) is 23.0 Å². The van der Waals surface area contributed by atoms with Gasteiger partial charge in [0.25, 0.3) is 0 Å². The van der Waals surface area contributed by atoms with Crippen molar-refractivity contribution in [3.8, 4) is 23.0 Å². The monoisotopic (exact) mass is 466 g/mol. The molecule has 35 heavy (non-hydrogen) atoms. The van der Waals surface area contributed by atoms with Crippen molar-refractivity contribution < 1.29 is 19.7 Å². The first-order valence-electron chi connectivity index (χ1n) is 11.1. The van der Waals surface area contributed by atoms with Gasteiger partial charge in [-0.05, 0) is 66.1 Å². The second-order valence-corrected chi connectivity index (χ2v) is 7.82. The van der Waals surface area contributed by atoms with E-state index in [0.717, 1.165) is 28.9 Å². The number of hydrogen-bond acceptors (Lipinski definition) is 6. The maximum Gasteiger partial charge on any atom is 0.166 e. The van der Waals surface area contributed by atoms with E-state index in [9.17, 15) is 10.2 Å². The number of aliphatic imine (C=N–C) groups is 2. The highest BCUT2D eigenvalue weighted by atomic mass is 16.5. The summed E-state index contributed by atoms with van der Waals surface area (Å²) in [6.45, 7) is 0. The SMILES string of the molecule is COc1cccc(C=Nc2ccc(Cc3ccc(N=Cc4cccc(OC)c4O)cc3)cc2)c1O. The van der Waals surface area contributed by atoms with Crippen molar-refractivity contribution in [1.29, 1.82) is 0 Å². The number of methoxy groups -OCH3 is 2. The summed E-state index contributed by atoms with van der Waals surface area (Å²) in [5, 5.41) is 20.4. The number of hydrogen-bond donors (Lipinski definition) is 2.